The van der Waals surface area contributed by atoms with Gasteiger partial charge in [0.05, 0.1) is 17.7 Å². The van der Waals surface area contributed by atoms with Gasteiger partial charge in [-0.3, -0.25) is 0 Å². The van der Waals surface area contributed by atoms with Gasteiger partial charge in [0, 0.05) is 18.3 Å². The van der Waals surface area contributed by atoms with Crippen LogP contribution in [0.4, 0.5) is 23.7 Å². The number of alkyl carbamates (subject to hydrolysis) is 1. The molecule has 2 N–H and O–H groups in total. The lowest BCUT2D eigenvalue weighted by Crippen LogP contribution is -2.41. The summed E-state index contributed by atoms with van der Waals surface area (Å²) in [5.41, 5.74) is -1.45. The normalized spacial score (nSPS) is 19.5. The Bertz CT molecular complexity index is 767. The van der Waals surface area contributed by atoms with Crippen LogP contribution in [0.25, 0.3) is 0 Å². The summed E-state index contributed by atoms with van der Waals surface area (Å²) < 4.78 is 50.3. The number of rotatable bonds is 6. The first kappa shape index (κ1) is 24.8. The molecule has 6 nitrogen and oxygen atoms in total. The van der Waals surface area contributed by atoms with E-state index in [1.807, 2.05) is 0 Å². The molecule has 1 aliphatic rings. The average Bonchev–Trinajstić information content (AvgIpc) is 2.65. The Labute approximate surface area is 180 Å². The Kier molecular flexibility index (Phi) is 8.20. The maximum absolute atomic E-state index is 13.4. The second-order valence-corrected chi connectivity index (χ2v) is 8.72. The molecule has 0 saturated heterocycles. The Morgan fingerprint density at radius 2 is 1.74 bits per heavy atom. The number of nitrogens with one attached hydrogen (secondary N) is 2. The lowest BCUT2D eigenvalue weighted by Gasteiger charge is -2.30. The molecule has 9 heteroatoms. The van der Waals surface area contributed by atoms with Gasteiger partial charge in [0.2, 0.25) is 0 Å². The van der Waals surface area contributed by atoms with Crippen molar-refractivity contribution in [2.75, 3.05) is 18.5 Å². The van der Waals surface area contributed by atoms with E-state index in [-0.39, 0.29) is 29.8 Å². The summed E-state index contributed by atoms with van der Waals surface area (Å²) in [5, 5.41) is 5.72. The standard InChI is InChI=1S/C22H31F3N2O4/c1-5-30-19(28)15-8-11-17(22(23,24)25)18(12-15)26-13-14-6-9-16(10-7-14)27-20(29)31-21(2,3)4/h8,11-12,14,16,26H,5-7,9-10,13H2,1-4H3,(H,27,29). The van der Waals surface area contributed by atoms with Gasteiger partial charge in [-0.1, -0.05) is 0 Å². The van der Waals surface area contributed by atoms with Crippen molar-refractivity contribution in [1.82, 2.24) is 5.32 Å². The van der Waals surface area contributed by atoms with Crippen LogP contribution in [0.2, 0.25) is 0 Å². The minimum absolute atomic E-state index is 0.0102. The summed E-state index contributed by atoms with van der Waals surface area (Å²) in [4.78, 5) is 23.8. The van der Waals surface area contributed by atoms with Crippen LogP contribution < -0.4 is 10.6 Å². The minimum Gasteiger partial charge on any atom is -0.462 e. The maximum Gasteiger partial charge on any atom is 0.418 e. The van der Waals surface area contributed by atoms with Crippen LogP contribution in [-0.2, 0) is 15.7 Å². The van der Waals surface area contributed by atoms with E-state index in [2.05, 4.69) is 10.6 Å². The number of esters is 1. The monoisotopic (exact) mass is 444 g/mol. The van der Waals surface area contributed by atoms with Crippen LogP contribution in [0, 0.1) is 5.92 Å². The van der Waals surface area contributed by atoms with Crippen LogP contribution in [0.3, 0.4) is 0 Å². The number of hydrogen-bond acceptors (Lipinski definition) is 5. The summed E-state index contributed by atoms with van der Waals surface area (Å²) in [6, 6.07) is 3.20. The summed E-state index contributed by atoms with van der Waals surface area (Å²) in [7, 11) is 0. The first-order chi connectivity index (χ1) is 14.4. The molecule has 0 bridgehead atoms. The zero-order valence-corrected chi connectivity index (χ0v) is 18.4. The van der Waals surface area contributed by atoms with E-state index in [1.54, 1.807) is 27.7 Å². The van der Waals surface area contributed by atoms with Gasteiger partial charge in [-0.25, -0.2) is 9.59 Å². The van der Waals surface area contributed by atoms with Crippen molar-refractivity contribution >= 4 is 17.7 Å². The number of alkyl halides is 3. The van der Waals surface area contributed by atoms with Crippen molar-refractivity contribution in [3.63, 3.8) is 0 Å². The van der Waals surface area contributed by atoms with Crippen molar-refractivity contribution < 1.29 is 32.2 Å². The molecule has 0 unspecified atom stereocenters. The van der Waals surface area contributed by atoms with E-state index in [0.717, 1.165) is 37.8 Å². The smallest absolute Gasteiger partial charge is 0.418 e. The van der Waals surface area contributed by atoms with E-state index >= 15 is 0 Å². The molecule has 1 saturated carbocycles. The van der Waals surface area contributed by atoms with Crippen LogP contribution in [0.1, 0.15) is 69.3 Å². The Morgan fingerprint density at radius 1 is 1.10 bits per heavy atom. The molecule has 0 radical (unpaired) electrons. The molecule has 31 heavy (non-hydrogen) atoms. The van der Waals surface area contributed by atoms with E-state index in [4.69, 9.17) is 9.47 Å². The quantitative estimate of drug-likeness (QED) is 0.577. The largest absolute Gasteiger partial charge is 0.462 e. The van der Waals surface area contributed by atoms with E-state index in [0.29, 0.717) is 6.54 Å². The van der Waals surface area contributed by atoms with Gasteiger partial charge in [0.1, 0.15) is 5.60 Å². The third-order valence-corrected chi connectivity index (χ3v) is 4.98. The van der Waals surface area contributed by atoms with Gasteiger partial charge in [0.25, 0.3) is 0 Å². The third kappa shape index (κ3) is 7.95. The summed E-state index contributed by atoms with van der Waals surface area (Å²) >= 11 is 0. The van der Waals surface area contributed by atoms with Crippen LogP contribution >= 0.6 is 0 Å². The molecule has 1 aromatic rings. The van der Waals surface area contributed by atoms with Gasteiger partial charge < -0.3 is 20.1 Å². The van der Waals surface area contributed by atoms with Gasteiger partial charge >= 0.3 is 18.2 Å². The lowest BCUT2D eigenvalue weighted by molar-refractivity contribution is -0.137. The molecule has 1 aliphatic carbocycles. The van der Waals surface area contributed by atoms with Gasteiger partial charge in [-0.15, -0.1) is 0 Å². The highest BCUT2D eigenvalue weighted by Crippen LogP contribution is 2.36. The number of carbonyl (C=O) groups is 2. The predicted molar refractivity (Wildman–Crippen MR) is 111 cm³/mol. The molecule has 0 atom stereocenters. The minimum atomic E-state index is -4.54. The summed E-state index contributed by atoms with van der Waals surface area (Å²) in [6.07, 6.45) is -2.04. The Balaban J connectivity index is 1.95. The van der Waals surface area contributed by atoms with Crippen LogP contribution in [0.15, 0.2) is 18.2 Å². The van der Waals surface area contributed by atoms with Crippen LogP contribution in [0.5, 0.6) is 0 Å². The predicted octanol–water partition coefficient (Wildman–Crippen LogP) is 5.38. The zero-order valence-electron chi connectivity index (χ0n) is 18.4. The first-order valence-corrected chi connectivity index (χ1v) is 10.5. The Morgan fingerprint density at radius 3 is 2.29 bits per heavy atom. The van der Waals surface area contributed by atoms with Crippen molar-refractivity contribution in [2.24, 2.45) is 5.92 Å². The second kappa shape index (κ2) is 10.2. The third-order valence-electron chi connectivity index (χ3n) is 4.98. The molecule has 0 spiro atoms. The number of hydrogen-bond donors (Lipinski definition) is 2. The fourth-order valence-electron chi connectivity index (χ4n) is 3.52. The molecule has 0 heterocycles. The molecule has 1 aromatic carbocycles. The number of anilines is 1. The molecular formula is C22H31F3N2O4. The van der Waals surface area contributed by atoms with E-state index in [1.165, 1.54) is 6.07 Å². The van der Waals surface area contributed by atoms with Crippen molar-refractivity contribution in [3.8, 4) is 0 Å². The number of amides is 1. The Hall–Kier alpha value is -2.45. The van der Waals surface area contributed by atoms with Crippen molar-refractivity contribution in [1.29, 1.82) is 0 Å². The number of carbonyl (C=O) groups excluding carboxylic acids is 2. The highest BCUT2D eigenvalue weighted by atomic mass is 19.4. The number of ether oxygens (including phenoxy) is 2. The molecule has 1 fully saturated rings. The number of halogens is 3. The van der Waals surface area contributed by atoms with Gasteiger partial charge in [0.15, 0.2) is 0 Å². The topological polar surface area (TPSA) is 76.7 Å². The van der Waals surface area contributed by atoms with Crippen molar-refractivity contribution in [2.45, 2.75) is 71.2 Å². The number of benzene rings is 1. The van der Waals surface area contributed by atoms with E-state index < -0.39 is 29.4 Å². The fraction of sp³-hybridized carbons (Fsp3) is 0.636. The maximum atomic E-state index is 13.4. The summed E-state index contributed by atoms with van der Waals surface area (Å²) in [5.74, 6) is -0.503. The highest BCUT2D eigenvalue weighted by molar-refractivity contribution is 5.91. The fourth-order valence-corrected chi connectivity index (χ4v) is 3.52. The van der Waals surface area contributed by atoms with Gasteiger partial charge in [-0.05, 0) is 77.5 Å². The average molecular weight is 444 g/mol. The molecule has 0 aromatic heterocycles. The molecular weight excluding hydrogens is 413 g/mol. The molecule has 174 valence electrons. The molecule has 2 rings (SSSR count). The van der Waals surface area contributed by atoms with Crippen molar-refractivity contribution in [3.05, 3.63) is 29.3 Å². The molecule has 1 amide bonds. The van der Waals surface area contributed by atoms with Gasteiger partial charge in [-0.2, -0.15) is 13.2 Å². The first-order valence-electron chi connectivity index (χ1n) is 10.5. The highest BCUT2D eigenvalue weighted by Gasteiger charge is 2.34. The lowest BCUT2D eigenvalue weighted by atomic mass is 9.86. The van der Waals surface area contributed by atoms with E-state index in [9.17, 15) is 22.8 Å². The zero-order chi connectivity index (χ0) is 23.2. The molecule has 0 aliphatic heterocycles. The SMILES string of the molecule is CCOC(=O)c1ccc(C(F)(F)F)c(NCC2CCC(NC(=O)OC(C)(C)C)CC2)c1. The van der Waals surface area contributed by atoms with Crippen LogP contribution in [-0.4, -0.2) is 36.9 Å². The summed E-state index contributed by atoms with van der Waals surface area (Å²) in [6.45, 7) is 7.50. The second-order valence-electron chi connectivity index (χ2n) is 8.72.